The summed E-state index contributed by atoms with van der Waals surface area (Å²) < 4.78 is 2.82. The number of thiol groups is 1. The Labute approximate surface area is 677 Å². The Hall–Kier alpha value is -11.4. The summed E-state index contributed by atoms with van der Waals surface area (Å²) in [5.74, 6) is 1.15. The van der Waals surface area contributed by atoms with Gasteiger partial charge < -0.3 is 19.3 Å². The first-order valence-electron chi connectivity index (χ1n) is 41.8. The van der Waals surface area contributed by atoms with E-state index in [1.165, 1.54) is 196 Å². The van der Waals surface area contributed by atoms with Crippen LogP contribution in [-0.2, 0) is 39.8 Å². The second-order valence-corrected chi connectivity index (χ2v) is 37.1. The summed E-state index contributed by atoms with van der Waals surface area (Å²) in [7, 11) is 0. The third kappa shape index (κ3) is 10.2. The van der Waals surface area contributed by atoms with Gasteiger partial charge in [-0.25, -0.2) is 0 Å². The highest BCUT2D eigenvalue weighted by atomic mass is 32.2. The molecule has 0 radical (unpaired) electrons. The number of aryl methyl sites for hydroxylation is 2. The smallest absolute Gasteiger partial charge is 0.134 e. The van der Waals surface area contributed by atoms with Crippen molar-refractivity contribution in [3.05, 3.63) is 409 Å². The Bertz CT molecular complexity index is 6250. The molecule has 558 valence electrons. The number of hydrogen-bond donors (Lipinski definition) is 0. The van der Waals surface area contributed by atoms with Crippen LogP contribution in [0, 0.1) is 43.4 Å². The zero-order valence-electron chi connectivity index (χ0n) is 66.9. The fraction of sp³-hybridized carbons (Fsp3) is 0.229. The SMILES string of the molecule is C[SH+]C1=Cc2c(n3c4c(cc(N(c5cccc(C(C)(C)C)c5)C5C=CC(C6C=CC=CC6)=CC5)cc24)C2(c4ccccc4-c4ccccc42)c2ccc(C)cc2-3)CC1C1C=C2C(CC1)C1=C3C(CC(N(c4ccc(-c5ccccc5)cc4)c4cccc(C(C)(C)C)c4)=C1)C1(c4ccccc4-c4ccccc41)c1ccc(C)cc1N23. The van der Waals surface area contributed by atoms with Crippen LogP contribution in [0.4, 0.5) is 28.4 Å². The molecule has 114 heavy (non-hydrogen) atoms. The molecule has 0 saturated carbocycles. The number of fused-ring (bicyclic) bond motifs is 24. The third-order valence-electron chi connectivity index (χ3n) is 27.9. The predicted octanol–water partition coefficient (Wildman–Crippen LogP) is 26.4. The lowest BCUT2D eigenvalue weighted by Gasteiger charge is -2.51. The number of aromatic nitrogens is 1. The lowest BCUT2D eigenvalue weighted by molar-refractivity contribution is 0.379. The van der Waals surface area contributed by atoms with E-state index in [4.69, 9.17) is 0 Å². The Balaban J connectivity index is 0.747. The van der Waals surface area contributed by atoms with Gasteiger partial charge in [-0.1, -0.05) is 278 Å². The molecule has 0 N–H and O–H groups in total. The fourth-order valence-electron chi connectivity index (χ4n) is 22.8. The van der Waals surface area contributed by atoms with Gasteiger partial charge in [-0.15, -0.1) is 0 Å². The quantitative estimate of drug-likeness (QED) is 0.100. The molecule has 1 aromatic heterocycles. The minimum Gasteiger partial charge on any atom is -0.334 e. The van der Waals surface area contributed by atoms with Gasteiger partial charge in [0.05, 0.1) is 33.8 Å². The lowest BCUT2D eigenvalue weighted by atomic mass is 9.58. The number of nitrogens with zero attached hydrogens (tertiary/aromatic N) is 4. The first kappa shape index (κ1) is 69.4. The van der Waals surface area contributed by atoms with E-state index >= 15 is 0 Å². The molecule has 12 aromatic rings. The van der Waals surface area contributed by atoms with E-state index in [-0.39, 0.29) is 40.5 Å². The van der Waals surface area contributed by atoms with Gasteiger partial charge in [-0.2, -0.15) is 0 Å². The minimum atomic E-state index is -0.611. The molecule has 6 atom stereocenters. The van der Waals surface area contributed by atoms with Crippen LogP contribution in [0.25, 0.3) is 56.0 Å². The average Bonchev–Trinajstić information content (AvgIpc) is 1.49. The van der Waals surface area contributed by atoms with E-state index in [1.54, 1.807) is 0 Å². The van der Waals surface area contributed by atoms with E-state index in [1.807, 2.05) is 0 Å². The van der Waals surface area contributed by atoms with E-state index in [2.05, 4.69) is 390 Å². The van der Waals surface area contributed by atoms with Crippen molar-refractivity contribution in [3.63, 3.8) is 0 Å². The second kappa shape index (κ2) is 25.8. The van der Waals surface area contributed by atoms with Crippen molar-refractivity contribution in [1.82, 2.24) is 4.57 Å². The van der Waals surface area contributed by atoms with Gasteiger partial charge in [-0.3, -0.25) is 0 Å². The van der Waals surface area contributed by atoms with Gasteiger partial charge in [0.1, 0.15) is 11.2 Å². The van der Waals surface area contributed by atoms with Crippen molar-refractivity contribution < 1.29 is 0 Å². The zero-order chi connectivity index (χ0) is 76.8. The van der Waals surface area contributed by atoms with Crippen LogP contribution < -0.4 is 14.7 Å². The zero-order valence-corrected chi connectivity index (χ0v) is 67.8. The van der Waals surface area contributed by atoms with Gasteiger partial charge in [0, 0.05) is 98.3 Å². The maximum Gasteiger partial charge on any atom is 0.134 e. The minimum absolute atomic E-state index is 0.0511. The van der Waals surface area contributed by atoms with Crippen molar-refractivity contribution >= 4 is 57.2 Å². The number of allylic oxidation sites excluding steroid dienone is 12. The maximum absolute atomic E-state index is 2.88. The molecule has 0 bridgehead atoms. The van der Waals surface area contributed by atoms with Crippen LogP contribution in [0.1, 0.15) is 146 Å². The lowest BCUT2D eigenvalue weighted by Crippen LogP contribution is -2.47. The van der Waals surface area contributed by atoms with Gasteiger partial charge in [0.2, 0.25) is 0 Å². The fourth-order valence-corrected chi connectivity index (χ4v) is 23.7. The Kier molecular flexibility index (Phi) is 15.7. The van der Waals surface area contributed by atoms with Crippen LogP contribution in [0.3, 0.4) is 0 Å². The summed E-state index contributed by atoms with van der Waals surface area (Å²) in [5.41, 5.74) is 40.5. The summed E-state index contributed by atoms with van der Waals surface area (Å²) in [5, 5.41) is 1.34. The highest BCUT2D eigenvalue weighted by Gasteiger charge is 2.61. The Morgan fingerprint density at radius 1 is 0.500 bits per heavy atom. The highest BCUT2D eigenvalue weighted by Crippen LogP contribution is 2.70. The number of anilines is 5. The van der Waals surface area contributed by atoms with Crippen molar-refractivity contribution in [2.75, 3.05) is 21.0 Å². The van der Waals surface area contributed by atoms with Crippen molar-refractivity contribution in [2.45, 2.75) is 122 Å². The third-order valence-corrected chi connectivity index (χ3v) is 28.9. The maximum atomic E-state index is 2.88. The molecule has 22 rings (SSSR count). The first-order chi connectivity index (χ1) is 55.6. The largest absolute Gasteiger partial charge is 0.334 e. The van der Waals surface area contributed by atoms with Gasteiger partial charge in [0.15, 0.2) is 0 Å². The van der Waals surface area contributed by atoms with Crippen LogP contribution in [0.5, 0.6) is 0 Å². The monoisotopic (exact) mass is 1490 g/mol. The number of benzene rings is 11. The molecule has 0 fully saturated rings. The van der Waals surface area contributed by atoms with E-state index in [9.17, 15) is 0 Å². The molecular formula is C109H97N4S+. The Morgan fingerprint density at radius 2 is 1.12 bits per heavy atom. The summed E-state index contributed by atoms with van der Waals surface area (Å²) in [6.07, 6.45) is 33.3. The molecule has 7 aliphatic carbocycles. The van der Waals surface area contributed by atoms with E-state index < -0.39 is 10.8 Å². The van der Waals surface area contributed by atoms with Crippen LogP contribution in [0.2, 0.25) is 0 Å². The van der Waals surface area contributed by atoms with Crippen LogP contribution >= 0.6 is 0 Å². The normalized spacial score (nSPS) is 21.0. The molecule has 6 unspecified atom stereocenters. The first-order valence-corrected chi connectivity index (χ1v) is 43.2. The summed E-state index contributed by atoms with van der Waals surface area (Å²) in [4.78, 5) is 9.81. The summed E-state index contributed by atoms with van der Waals surface area (Å²) in [6, 6.07) is 97.6. The molecule has 10 aliphatic rings. The molecule has 4 heterocycles. The van der Waals surface area contributed by atoms with E-state index in [0.29, 0.717) is 5.92 Å². The molecule has 3 aliphatic heterocycles. The standard InChI is InChI=1S/C109H96N4S/c1-67-42-54-95-101(56-67)112-99-58-73(48-53-86(99)89-61-80(63-97(104(89)112)108(95)91-38-20-16-34-82(91)83-35-17-21-39-92(83)108)110(78-32-24-30-74(59-78)106(3,4)5)76-49-44-71(45-50-76)69-26-12-10-13-27-69)87-65-100-88(66-103(87)114-9)90-62-81(111(79-33-25-31-75(60-79)107(6,7)8)77-51-46-72(47-52-77)70-28-14-11-15-29-70)64-98-105(90)113(100)102-57-68(2)43-55-96(102)109(98)93-40-22-18-36-84(93)85-37-19-23-41-94(85)109/h10-28,30-47,49-51,54-62,64,66,70,73,77,86-87,97H,29,48,52-53,63,65H2,1-9H3/p+1. The van der Waals surface area contributed by atoms with Gasteiger partial charge in [0.25, 0.3) is 0 Å². The van der Waals surface area contributed by atoms with Crippen molar-refractivity contribution in [3.8, 4) is 39.1 Å². The van der Waals surface area contributed by atoms with E-state index in [0.717, 1.165) is 38.5 Å². The number of hydrogen-bond acceptors (Lipinski definition) is 3. The van der Waals surface area contributed by atoms with Crippen molar-refractivity contribution in [1.29, 1.82) is 0 Å². The van der Waals surface area contributed by atoms with Gasteiger partial charge >= 0.3 is 0 Å². The molecule has 2 spiro atoms. The predicted molar refractivity (Wildman–Crippen MR) is 480 cm³/mol. The second-order valence-electron chi connectivity index (χ2n) is 36.2. The van der Waals surface area contributed by atoms with Gasteiger partial charge in [-0.05, 0) is 241 Å². The average molecular weight is 1500 g/mol. The van der Waals surface area contributed by atoms with Crippen molar-refractivity contribution in [2.24, 2.45) is 29.6 Å². The molecule has 0 saturated heterocycles. The molecule has 4 nitrogen and oxygen atoms in total. The van der Waals surface area contributed by atoms with Crippen LogP contribution in [-0.4, -0.2) is 16.9 Å². The molecular weight excluding hydrogens is 1400 g/mol. The summed E-state index contributed by atoms with van der Waals surface area (Å²) >= 11 is 1.31. The Morgan fingerprint density at radius 3 is 1.77 bits per heavy atom. The number of rotatable bonds is 10. The molecule has 0 amide bonds. The highest BCUT2D eigenvalue weighted by molar-refractivity contribution is 7.82. The molecule has 11 aromatic carbocycles. The topological polar surface area (TPSA) is 14.7 Å². The molecule has 5 heteroatoms. The van der Waals surface area contributed by atoms with Crippen LogP contribution in [0.15, 0.2) is 337 Å². The summed E-state index contributed by atoms with van der Waals surface area (Å²) in [6.45, 7) is 18.8.